The fraction of sp³-hybridized carbons (Fsp3) is 0.846. The molecule has 1 amide bonds. The predicted molar refractivity (Wildman–Crippen MR) is 69.0 cm³/mol. The molecule has 1 aliphatic heterocycles. The van der Waals surface area contributed by atoms with Crippen molar-refractivity contribution >= 4 is 11.9 Å². The summed E-state index contributed by atoms with van der Waals surface area (Å²) in [6.07, 6.45) is 1.88. The molecule has 1 rings (SSSR count). The van der Waals surface area contributed by atoms with Crippen LogP contribution < -0.4 is 10.6 Å². The van der Waals surface area contributed by atoms with Crippen LogP contribution in [0.2, 0.25) is 0 Å². The Morgan fingerprint density at radius 1 is 1.44 bits per heavy atom. The summed E-state index contributed by atoms with van der Waals surface area (Å²) in [5.74, 6) is -0.304. The highest BCUT2D eigenvalue weighted by Gasteiger charge is 2.36. The molecule has 0 spiro atoms. The predicted octanol–water partition coefficient (Wildman–Crippen LogP) is 0.691. The number of hydrogen-bond acceptors (Lipinski definition) is 4. The molecule has 1 atom stereocenters. The first kappa shape index (κ1) is 15.0. The molecule has 1 fully saturated rings. The quantitative estimate of drug-likeness (QED) is 0.726. The molecule has 0 bridgehead atoms. The first-order valence-corrected chi connectivity index (χ1v) is 6.39. The van der Waals surface area contributed by atoms with Crippen LogP contribution in [0.5, 0.6) is 0 Å². The zero-order chi connectivity index (χ0) is 13.8. The normalized spacial score (nSPS) is 24.4. The highest BCUT2D eigenvalue weighted by Crippen LogP contribution is 2.26. The van der Waals surface area contributed by atoms with E-state index < -0.39 is 5.41 Å². The van der Waals surface area contributed by atoms with E-state index in [1.165, 1.54) is 7.11 Å². The van der Waals surface area contributed by atoms with Gasteiger partial charge in [0.1, 0.15) is 0 Å². The molecule has 5 heteroatoms. The third-order valence-corrected chi connectivity index (χ3v) is 3.57. The molecule has 5 nitrogen and oxygen atoms in total. The summed E-state index contributed by atoms with van der Waals surface area (Å²) in [6, 6.07) is 0. The van der Waals surface area contributed by atoms with Gasteiger partial charge in [-0.05, 0) is 40.2 Å². The van der Waals surface area contributed by atoms with Gasteiger partial charge in [-0.2, -0.15) is 0 Å². The Kier molecular flexibility index (Phi) is 4.73. The Morgan fingerprint density at radius 2 is 2.11 bits per heavy atom. The summed E-state index contributed by atoms with van der Waals surface area (Å²) in [6.45, 7) is 7.45. The van der Waals surface area contributed by atoms with E-state index in [9.17, 15) is 9.59 Å². The Labute approximate surface area is 109 Å². The minimum Gasteiger partial charge on any atom is -0.469 e. The first-order chi connectivity index (χ1) is 8.32. The van der Waals surface area contributed by atoms with Crippen molar-refractivity contribution in [3.05, 3.63) is 0 Å². The van der Waals surface area contributed by atoms with Crippen molar-refractivity contribution in [2.45, 2.75) is 33.6 Å². The number of rotatable bonds is 4. The van der Waals surface area contributed by atoms with Crippen molar-refractivity contribution in [3.63, 3.8) is 0 Å². The number of nitrogens with one attached hydrogen (secondary N) is 2. The van der Waals surface area contributed by atoms with Crippen LogP contribution >= 0.6 is 0 Å². The third-order valence-electron chi connectivity index (χ3n) is 3.57. The molecule has 0 aliphatic carbocycles. The zero-order valence-corrected chi connectivity index (χ0v) is 11.8. The fourth-order valence-electron chi connectivity index (χ4n) is 2.11. The van der Waals surface area contributed by atoms with Gasteiger partial charge in [0, 0.05) is 13.1 Å². The monoisotopic (exact) mass is 256 g/mol. The summed E-state index contributed by atoms with van der Waals surface area (Å²) >= 11 is 0. The number of carbonyl (C=O) groups excluding carboxylic acids is 2. The Hall–Kier alpha value is -1.10. The van der Waals surface area contributed by atoms with Crippen LogP contribution in [0.25, 0.3) is 0 Å². The number of methoxy groups -OCH3 is 1. The van der Waals surface area contributed by atoms with Crippen molar-refractivity contribution < 1.29 is 14.3 Å². The molecule has 1 unspecified atom stereocenters. The highest BCUT2D eigenvalue weighted by atomic mass is 16.5. The van der Waals surface area contributed by atoms with Gasteiger partial charge in [-0.25, -0.2) is 0 Å². The Bertz CT molecular complexity index is 320. The van der Waals surface area contributed by atoms with Crippen LogP contribution in [0.4, 0.5) is 0 Å². The van der Waals surface area contributed by atoms with Crippen molar-refractivity contribution in [2.24, 2.45) is 10.8 Å². The van der Waals surface area contributed by atoms with Crippen molar-refractivity contribution in [1.82, 2.24) is 10.6 Å². The second-order valence-electron chi connectivity index (χ2n) is 5.90. The summed E-state index contributed by atoms with van der Waals surface area (Å²) in [5.41, 5.74) is -1.06. The first-order valence-electron chi connectivity index (χ1n) is 6.39. The molecular weight excluding hydrogens is 232 g/mol. The molecule has 0 aromatic rings. The fourth-order valence-corrected chi connectivity index (χ4v) is 2.11. The smallest absolute Gasteiger partial charge is 0.313 e. The largest absolute Gasteiger partial charge is 0.469 e. The lowest BCUT2D eigenvalue weighted by atomic mass is 9.81. The molecule has 0 radical (unpaired) electrons. The van der Waals surface area contributed by atoms with E-state index in [1.54, 1.807) is 13.8 Å². The average molecular weight is 256 g/mol. The van der Waals surface area contributed by atoms with Gasteiger partial charge in [-0.1, -0.05) is 0 Å². The molecule has 0 aromatic carbocycles. The van der Waals surface area contributed by atoms with E-state index in [4.69, 9.17) is 4.74 Å². The summed E-state index contributed by atoms with van der Waals surface area (Å²) in [4.78, 5) is 23.7. The molecule has 104 valence electrons. The number of esters is 1. The van der Waals surface area contributed by atoms with Gasteiger partial charge >= 0.3 is 5.97 Å². The van der Waals surface area contributed by atoms with Gasteiger partial charge in [0.2, 0.25) is 5.91 Å². The lowest BCUT2D eigenvalue weighted by molar-refractivity contribution is -0.150. The average Bonchev–Trinajstić information content (AvgIpc) is 2.35. The van der Waals surface area contributed by atoms with Crippen LogP contribution in [0.3, 0.4) is 0 Å². The second-order valence-corrected chi connectivity index (χ2v) is 5.90. The van der Waals surface area contributed by atoms with E-state index in [0.29, 0.717) is 13.1 Å². The van der Waals surface area contributed by atoms with Crippen molar-refractivity contribution in [2.75, 3.05) is 26.7 Å². The summed E-state index contributed by atoms with van der Waals surface area (Å²) in [5, 5.41) is 6.10. The van der Waals surface area contributed by atoms with E-state index in [-0.39, 0.29) is 17.3 Å². The zero-order valence-electron chi connectivity index (χ0n) is 11.8. The third kappa shape index (κ3) is 3.45. The number of carbonyl (C=O) groups is 2. The van der Waals surface area contributed by atoms with Crippen molar-refractivity contribution in [1.29, 1.82) is 0 Å². The molecule has 1 heterocycles. The van der Waals surface area contributed by atoms with Crippen LogP contribution in [0, 0.1) is 10.8 Å². The summed E-state index contributed by atoms with van der Waals surface area (Å²) < 4.78 is 4.72. The maximum atomic E-state index is 12.2. The maximum Gasteiger partial charge on any atom is 0.313 e. The number of piperidine rings is 1. The van der Waals surface area contributed by atoms with Crippen LogP contribution in [0.15, 0.2) is 0 Å². The lowest BCUT2D eigenvalue weighted by Crippen LogP contribution is -2.51. The van der Waals surface area contributed by atoms with Gasteiger partial charge in [-0.15, -0.1) is 0 Å². The number of amides is 1. The van der Waals surface area contributed by atoms with Gasteiger partial charge < -0.3 is 15.4 Å². The minimum atomic E-state index is -0.692. The molecule has 0 aromatic heterocycles. The Morgan fingerprint density at radius 3 is 2.61 bits per heavy atom. The van der Waals surface area contributed by atoms with Gasteiger partial charge in [0.05, 0.1) is 17.9 Å². The minimum absolute atomic E-state index is 0.00618. The van der Waals surface area contributed by atoms with Gasteiger partial charge in [0.25, 0.3) is 0 Å². The SMILES string of the molecule is COC(=O)C(C)(C)CNC(=O)C1(C)CCCNC1. The molecule has 18 heavy (non-hydrogen) atoms. The van der Waals surface area contributed by atoms with E-state index >= 15 is 0 Å². The molecule has 0 saturated carbocycles. The maximum absolute atomic E-state index is 12.2. The second kappa shape index (κ2) is 5.69. The van der Waals surface area contributed by atoms with Crippen molar-refractivity contribution in [3.8, 4) is 0 Å². The van der Waals surface area contributed by atoms with Crippen LogP contribution in [-0.2, 0) is 14.3 Å². The number of hydrogen-bond donors (Lipinski definition) is 2. The molecular formula is C13H24N2O3. The van der Waals surface area contributed by atoms with E-state index in [2.05, 4.69) is 10.6 Å². The van der Waals surface area contributed by atoms with E-state index in [1.807, 2.05) is 6.92 Å². The summed E-state index contributed by atoms with van der Waals surface area (Å²) in [7, 11) is 1.36. The van der Waals surface area contributed by atoms with Gasteiger partial charge in [-0.3, -0.25) is 9.59 Å². The van der Waals surface area contributed by atoms with E-state index in [0.717, 1.165) is 19.4 Å². The standard InChI is InChI=1S/C13H24N2O3/c1-12(2,11(17)18-4)8-15-10(16)13(3)6-5-7-14-9-13/h14H,5-9H2,1-4H3,(H,15,16). The van der Waals surface area contributed by atoms with Crippen LogP contribution in [0.1, 0.15) is 33.6 Å². The molecule has 1 saturated heterocycles. The lowest BCUT2D eigenvalue weighted by Gasteiger charge is -2.33. The number of ether oxygens (including phenoxy) is 1. The topological polar surface area (TPSA) is 67.4 Å². The Balaban J connectivity index is 2.52. The highest BCUT2D eigenvalue weighted by molar-refractivity contribution is 5.84. The molecule has 2 N–H and O–H groups in total. The van der Waals surface area contributed by atoms with Gasteiger partial charge in [0.15, 0.2) is 0 Å². The molecule has 1 aliphatic rings. The van der Waals surface area contributed by atoms with Crippen LogP contribution in [-0.4, -0.2) is 38.6 Å².